The molecule has 0 aliphatic heterocycles. The van der Waals surface area contributed by atoms with E-state index in [-0.39, 0.29) is 18.5 Å². The quantitative estimate of drug-likeness (QED) is 0.0321. The normalized spacial score (nSPS) is 12.8. The Morgan fingerprint density at radius 3 is 1.13 bits per heavy atom. The Balaban J connectivity index is 3.36. The van der Waals surface area contributed by atoms with Crippen molar-refractivity contribution in [1.82, 2.24) is 5.32 Å². The molecule has 0 rings (SSSR count). The zero-order valence-electron chi connectivity index (χ0n) is 47.0. The maximum Gasteiger partial charge on any atom is 0.305 e. The average Bonchev–Trinajstić information content (AvgIpc) is 3.36. The highest BCUT2D eigenvalue weighted by Gasteiger charge is 2.20. The number of hydrogen-bond donors (Lipinski definition) is 3. The Labute approximate surface area is 436 Å². The van der Waals surface area contributed by atoms with Gasteiger partial charge in [0.05, 0.1) is 25.4 Å². The van der Waals surface area contributed by atoms with Gasteiger partial charge >= 0.3 is 5.97 Å². The average molecular weight is 985 g/mol. The molecule has 6 nitrogen and oxygen atoms in total. The topological polar surface area (TPSA) is 95.9 Å². The molecule has 0 aliphatic rings. The monoisotopic (exact) mass is 984 g/mol. The summed E-state index contributed by atoms with van der Waals surface area (Å²) in [6, 6.07) is -0.540. The third kappa shape index (κ3) is 55.4. The lowest BCUT2D eigenvalue weighted by Gasteiger charge is -2.22. The Morgan fingerprint density at radius 1 is 0.400 bits per heavy atom. The van der Waals surface area contributed by atoms with E-state index in [4.69, 9.17) is 4.74 Å². The van der Waals surface area contributed by atoms with Gasteiger partial charge in [0, 0.05) is 12.8 Å². The van der Waals surface area contributed by atoms with Crippen molar-refractivity contribution in [2.75, 3.05) is 13.2 Å². The van der Waals surface area contributed by atoms with E-state index in [0.29, 0.717) is 25.9 Å². The van der Waals surface area contributed by atoms with Gasteiger partial charge in [0.2, 0.25) is 5.91 Å². The van der Waals surface area contributed by atoms with Gasteiger partial charge in [-0.2, -0.15) is 0 Å². The van der Waals surface area contributed by atoms with Crippen molar-refractivity contribution in [3.63, 3.8) is 0 Å². The largest absolute Gasteiger partial charge is 0.466 e. The van der Waals surface area contributed by atoms with Crippen LogP contribution in [-0.4, -0.2) is 47.4 Å². The molecule has 0 radical (unpaired) electrons. The Kier molecular flexibility index (Phi) is 58.0. The van der Waals surface area contributed by atoms with Gasteiger partial charge in [-0.05, 0) is 83.5 Å². The summed E-state index contributed by atoms with van der Waals surface area (Å²) < 4.78 is 5.48. The molecule has 0 saturated heterocycles. The highest BCUT2D eigenvalue weighted by atomic mass is 16.5. The molecule has 3 N–H and O–H groups in total. The Hall–Kier alpha value is -1.92. The summed E-state index contributed by atoms with van der Waals surface area (Å²) in [6.07, 6.45) is 74.5. The number of unbranched alkanes of at least 4 members (excludes halogenated alkanes) is 41. The lowest BCUT2D eigenvalue weighted by atomic mass is 10.0. The lowest BCUT2D eigenvalue weighted by molar-refractivity contribution is -0.143. The van der Waals surface area contributed by atoms with Crippen LogP contribution in [0.15, 0.2) is 36.5 Å². The minimum atomic E-state index is -0.662. The molecule has 0 aromatic rings. The molecule has 0 aromatic heterocycles. The van der Waals surface area contributed by atoms with E-state index in [2.05, 4.69) is 55.6 Å². The van der Waals surface area contributed by atoms with Crippen LogP contribution in [0.2, 0.25) is 0 Å². The van der Waals surface area contributed by atoms with Crippen LogP contribution in [0.1, 0.15) is 335 Å². The molecule has 0 heterocycles. The molecule has 2 atom stereocenters. The summed E-state index contributed by atoms with van der Waals surface area (Å²) in [5, 5.41) is 23.2. The summed E-state index contributed by atoms with van der Waals surface area (Å²) in [7, 11) is 0. The highest BCUT2D eigenvalue weighted by molar-refractivity contribution is 5.76. The standard InChI is InChI=1S/C64H121NO5/c1-3-5-7-9-11-13-15-16-31-35-38-42-46-50-54-58-64(69)70-59-55-51-47-43-39-36-33-30-28-26-24-22-20-18-17-19-21-23-25-27-29-32-34-37-41-45-49-53-57-63(68)65-61(60-66)62(67)56-52-48-44-40-14-12-10-8-6-4-2/h11,13,16-18,31,61-62,66-67H,3-10,12,14-15,19-30,32-60H2,1-2H3,(H,65,68)/b13-11-,18-17-,31-16-. The van der Waals surface area contributed by atoms with E-state index in [9.17, 15) is 19.8 Å². The number of carbonyl (C=O) groups excluding carboxylic acids is 2. The van der Waals surface area contributed by atoms with Crippen LogP contribution in [-0.2, 0) is 14.3 Å². The van der Waals surface area contributed by atoms with Gasteiger partial charge < -0.3 is 20.3 Å². The van der Waals surface area contributed by atoms with Crippen molar-refractivity contribution in [3.8, 4) is 0 Å². The van der Waals surface area contributed by atoms with Crippen molar-refractivity contribution in [2.45, 2.75) is 347 Å². The number of aliphatic hydroxyl groups excluding tert-OH is 2. The van der Waals surface area contributed by atoms with Crippen molar-refractivity contribution in [3.05, 3.63) is 36.5 Å². The van der Waals surface area contributed by atoms with Crippen molar-refractivity contribution in [2.24, 2.45) is 0 Å². The van der Waals surface area contributed by atoms with Crippen LogP contribution >= 0.6 is 0 Å². The first-order valence-corrected chi connectivity index (χ1v) is 31.2. The fraction of sp³-hybridized carbons (Fsp3) is 0.875. The number of ether oxygens (including phenoxy) is 1. The summed E-state index contributed by atoms with van der Waals surface area (Å²) in [4.78, 5) is 24.5. The van der Waals surface area contributed by atoms with Crippen LogP contribution in [0.3, 0.4) is 0 Å². The van der Waals surface area contributed by atoms with Gasteiger partial charge in [0.25, 0.3) is 0 Å². The number of hydrogen-bond acceptors (Lipinski definition) is 5. The molecular formula is C64H121NO5. The second-order valence-corrected chi connectivity index (χ2v) is 21.4. The Morgan fingerprint density at radius 2 is 0.714 bits per heavy atom. The van der Waals surface area contributed by atoms with Crippen LogP contribution in [0.5, 0.6) is 0 Å². The molecule has 0 aromatic carbocycles. The second kappa shape index (κ2) is 59.6. The molecule has 0 saturated carbocycles. The first-order valence-electron chi connectivity index (χ1n) is 31.2. The van der Waals surface area contributed by atoms with Crippen LogP contribution in [0, 0.1) is 0 Å². The molecule has 6 heteroatoms. The van der Waals surface area contributed by atoms with Gasteiger partial charge in [-0.25, -0.2) is 0 Å². The molecular weight excluding hydrogens is 863 g/mol. The van der Waals surface area contributed by atoms with Crippen molar-refractivity contribution in [1.29, 1.82) is 0 Å². The van der Waals surface area contributed by atoms with Crippen molar-refractivity contribution >= 4 is 11.9 Å². The predicted molar refractivity (Wildman–Crippen MR) is 306 cm³/mol. The summed E-state index contributed by atoms with van der Waals surface area (Å²) >= 11 is 0. The number of carbonyl (C=O) groups is 2. The van der Waals surface area contributed by atoms with E-state index in [1.165, 1.54) is 250 Å². The number of esters is 1. The molecule has 1 amide bonds. The molecule has 0 bridgehead atoms. The van der Waals surface area contributed by atoms with Crippen molar-refractivity contribution < 1.29 is 24.5 Å². The summed E-state index contributed by atoms with van der Waals surface area (Å²) in [6.45, 7) is 4.92. The lowest BCUT2D eigenvalue weighted by Crippen LogP contribution is -2.45. The maximum atomic E-state index is 12.4. The SMILES string of the molecule is CCCCC/C=C\C/C=C\CCCCCCCC(=O)OCCCCCCCCCCCCCC/C=C\CCCCCCCCCCCCCCC(=O)NC(CO)C(O)CCCCCCCCCCCC. The van der Waals surface area contributed by atoms with Gasteiger partial charge in [-0.15, -0.1) is 0 Å². The van der Waals surface area contributed by atoms with Gasteiger partial charge in [0.15, 0.2) is 0 Å². The summed E-state index contributed by atoms with van der Waals surface area (Å²) in [5.41, 5.74) is 0. The molecule has 0 spiro atoms. The number of rotatable bonds is 58. The van der Waals surface area contributed by atoms with Gasteiger partial charge in [-0.3, -0.25) is 9.59 Å². The molecule has 0 aliphatic carbocycles. The zero-order chi connectivity index (χ0) is 50.7. The molecule has 70 heavy (non-hydrogen) atoms. The Bertz CT molecular complexity index is 1130. The molecule has 2 unspecified atom stereocenters. The van der Waals surface area contributed by atoms with Gasteiger partial charge in [0.1, 0.15) is 0 Å². The van der Waals surface area contributed by atoms with E-state index >= 15 is 0 Å². The van der Waals surface area contributed by atoms with Gasteiger partial charge in [-0.1, -0.05) is 275 Å². The number of amides is 1. The minimum absolute atomic E-state index is 0.00166. The fourth-order valence-electron chi connectivity index (χ4n) is 9.61. The van der Waals surface area contributed by atoms with Crippen LogP contribution < -0.4 is 5.32 Å². The summed E-state index contributed by atoms with van der Waals surface area (Å²) in [5.74, 6) is -0.0344. The third-order valence-corrected chi connectivity index (χ3v) is 14.4. The maximum absolute atomic E-state index is 12.4. The van der Waals surface area contributed by atoms with E-state index in [1.807, 2.05) is 0 Å². The molecule has 0 fully saturated rings. The first-order chi connectivity index (χ1) is 34.5. The fourth-order valence-corrected chi connectivity index (χ4v) is 9.61. The van der Waals surface area contributed by atoms with E-state index in [0.717, 1.165) is 51.4 Å². The number of nitrogens with one attached hydrogen (secondary N) is 1. The van der Waals surface area contributed by atoms with E-state index in [1.54, 1.807) is 0 Å². The highest BCUT2D eigenvalue weighted by Crippen LogP contribution is 2.17. The van der Waals surface area contributed by atoms with E-state index < -0.39 is 12.1 Å². The molecule has 412 valence electrons. The van der Waals surface area contributed by atoms with Crippen LogP contribution in [0.25, 0.3) is 0 Å². The number of aliphatic hydroxyl groups is 2. The minimum Gasteiger partial charge on any atom is -0.466 e. The van der Waals surface area contributed by atoms with Crippen LogP contribution in [0.4, 0.5) is 0 Å². The second-order valence-electron chi connectivity index (χ2n) is 21.4. The number of allylic oxidation sites excluding steroid dienone is 6. The predicted octanol–water partition coefficient (Wildman–Crippen LogP) is 19.6. The first kappa shape index (κ1) is 68.1. The smallest absolute Gasteiger partial charge is 0.305 e. The zero-order valence-corrected chi connectivity index (χ0v) is 47.0. The third-order valence-electron chi connectivity index (χ3n) is 14.4.